The van der Waals surface area contributed by atoms with E-state index in [1.54, 1.807) is 29.3 Å². The number of thiophene rings is 1. The number of rotatable bonds is 8. The molecule has 1 aromatic rings. The van der Waals surface area contributed by atoms with Crippen molar-refractivity contribution in [3.05, 3.63) is 17.5 Å². The molecule has 2 N–H and O–H groups in total. The predicted molar refractivity (Wildman–Crippen MR) is 98.5 cm³/mol. The van der Waals surface area contributed by atoms with E-state index in [0.717, 1.165) is 12.8 Å². The van der Waals surface area contributed by atoms with Crippen molar-refractivity contribution in [2.45, 2.75) is 30.4 Å². The summed E-state index contributed by atoms with van der Waals surface area (Å²) in [4.78, 5) is 25.1. The number of hydrogen-bond acceptors (Lipinski definition) is 6. The summed E-state index contributed by atoms with van der Waals surface area (Å²) in [5.41, 5.74) is 0. The lowest BCUT2D eigenvalue weighted by Crippen LogP contribution is -2.48. The highest BCUT2D eigenvalue weighted by molar-refractivity contribution is 7.91. The molecule has 2 heterocycles. The Bertz CT molecular complexity index is 691. The van der Waals surface area contributed by atoms with Crippen LogP contribution >= 0.6 is 11.3 Å². The van der Waals surface area contributed by atoms with Crippen molar-refractivity contribution in [2.75, 3.05) is 32.8 Å². The molecule has 10 heteroatoms. The van der Waals surface area contributed by atoms with Crippen LogP contribution in [0.4, 0.5) is 4.79 Å². The summed E-state index contributed by atoms with van der Waals surface area (Å²) in [5, 5.41) is 4.43. The molecule has 0 aromatic carbocycles. The van der Waals surface area contributed by atoms with Crippen LogP contribution in [-0.2, 0) is 19.6 Å². The number of likely N-dealkylation sites (tertiary alicyclic amines) is 1. The number of piperidine rings is 1. The third-order valence-electron chi connectivity index (χ3n) is 4.04. The lowest BCUT2D eigenvalue weighted by molar-refractivity contribution is -0.142. The molecule has 26 heavy (non-hydrogen) atoms. The molecule has 2 rings (SSSR count). The van der Waals surface area contributed by atoms with Crippen molar-refractivity contribution < 1.29 is 22.7 Å². The van der Waals surface area contributed by atoms with E-state index >= 15 is 0 Å². The third kappa shape index (κ3) is 6.26. The van der Waals surface area contributed by atoms with Gasteiger partial charge in [0.05, 0.1) is 13.0 Å². The molecule has 0 radical (unpaired) electrons. The largest absolute Gasteiger partial charge is 0.466 e. The van der Waals surface area contributed by atoms with E-state index < -0.39 is 10.0 Å². The van der Waals surface area contributed by atoms with Crippen LogP contribution in [0.1, 0.15) is 26.2 Å². The van der Waals surface area contributed by atoms with Gasteiger partial charge < -0.3 is 15.0 Å². The van der Waals surface area contributed by atoms with Crippen LogP contribution < -0.4 is 10.0 Å². The van der Waals surface area contributed by atoms with Gasteiger partial charge in [-0.1, -0.05) is 6.07 Å². The van der Waals surface area contributed by atoms with Gasteiger partial charge in [0.15, 0.2) is 0 Å². The fraction of sp³-hybridized carbons (Fsp3) is 0.625. The minimum Gasteiger partial charge on any atom is -0.466 e. The number of nitrogens with zero attached hydrogens (tertiary/aromatic N) is 1. The van der Waals surface area contributed by atoms with Crippen molar-refractivity contribution in [2.24, 2.45) is 5.92 Å². The Hall–Kier alpha value is -1.65. The summed E-state index contributed by atoms with van der Waals surface area (Å²) in [7, 11) is -3.49. The number of carbonyl (C=O) groups excluding carboxylic acids is 2. The number of carbonyl (C=O) groups is 2. The zero-order valence-corrected chi connectivity index (χ0v) is 16.4. The number of nitrogens with one attached hydrogen (secondary N) is 2. The van der Waals surface area contributed by atoms with E-state index in [1.165, 1.54) is 11.3 Å². The summed E-state index contributed by atoms with van der Waals surface area (Å²) < 4.78 is 32.1. The molecule has 8 nitrogen and oxygen atoms in total. The Morgan fingerprint density at radius 2 is 2.23 bits per heavy atom. The van der Waals surface area contributed by atoms with Crippen LogP contribution in [-0.4, -0.2) is 58.1 Å². The second kappa shape index (κ2) is 9.89. The Morgan fingerprint density at radius 3 is 2.92 bits per heavy atom. The Labute approximate surface area is 158 Å². The maximum atomic E-state index is 12.2. The van der Waals surface area contributed by atoms with Crippen molar-refractivity contribution in [1.82, 2.24) is 14.9 Å². The molecular weight excluding hydrogens is 378 g/mol. The standard InChI is InChI=1S/C16H25N3O5S2/c1-2-24-14(20)7-8-17-16(21)19-9-3-5-13(12-19)11-18-26(22,23)15-6-4-10-25-15/h4,6,10,13,18H,2-3,5,7-9,11-12H2,1H3,(H,17,21)/t13-/m0/s1. The molecule has 0 unspecified atom stereocenters. The van der Waals surface area contributed by atoms with Gasteiger partial charge in [-0.25, -0.2) is 17.9 Å². The zero-order chi connectivity index (χ0) is 19.0. The van der Waals surface area contributed by atoms with E-state index in [2.05, 4.69) is 10.0 Å². The van der Waals surface area contributed by atoms with E-state index in [1.807, 2.05) is 0 Å². The molecule has 1 aliphatic rings. The van der Waals surface area contributed by atoms with Crippen molar-refractivity contribution in [3.8, 4) is 0 Å². The highest BCUT2D eigenvalue weighted by Crippen LogP contribution is 2.19. The average Bonchev–Trinajstić information content (AvgIpc) is 3.16. The number of ether oxygens (including phenoxy) is 1. The van der Waals surface area contributed by atoms with E-state index in [9.17, 15) is 18.0 Å². The summed E-state index contributed by atoms with van der Waals surface area (Å²) >= 11 is 1.17. The first-order valence-electron chi connectivity index (χ1n) is 8.64. The Morgan fingerprint density at radius 1 is 1.42 bits per heavy atom. The van der Waals surface area contributed by atoms with Gasteiger partial charge in [0.25, 0.3) is 0 Å². The minimum absolute atomic E-state index is 0.0642. The molecule has 146 valence electrons. The second-order valence-corrected chi connectivity index (χ2v) is 8.97. The maximum absolute atomic E-state index is 12.2. The first kappa shape index (κ1) is 20.7. The van der Waals surface area contributed by atoms with Crippen LogP contribution in [0, 0.1) is 5.92 Å². The fourth-order valence-electron chi connectivity index (χ4n) is 2.75. The molecule has 1 atom stereocenters. The molecule has 1 aromatic heterocycles. The molecule has 1 saturated heterocycles. The molecular formula is C16H25N3O5S2. The van der Waals surface area contributed by atoms with Crippen LogP contribution in [0.15, 0.2) is 21.7 Å². The number of urea groups is 1. The Balaban J connectivity index is 1.76. The number of amides is 2. The predicted octanol–water partition coefficient (Wildman–Crippen LogP) is 1.40. The average molecular weight is 404 g/mol. The molecule has 1 fully saturated rings. The zero-order valence-electron chi connectivity index (χ0n) is 14.8. The third-order valence-corrected chi connectivity index (χ3v) is 6.86. The number of hydrogen-bond donors (Lipinski definition) is 2. The minimum atomic E-state index is -3.49. The van der Waals surface area contributed by atoms with E-state index in [-0.39, 0.29) is 30.9 Å². The van der Waals surface area contributed by atoms with E-state index in [0.29, 0.717) is 30.5 Å². The Kier molecular flexibility index (Phi) is 7.85. The van der Waals surface area contributed by atoms with Gasteiger partial charge in [0, 0.05) is 26.2 Å². The lowest BCUT2D eigenvalue weighted by Gasteiger charge is -2.32. The van der Waals surface area contributed by atoms with Gasteiger partial charge in [-0.3, -0.25) is 4.79 Å². The van der Waals surface area contributed by atoms with E-state index in [4.69, 9.17) is 4.74 Å². The van der Waals surface area contributed by atoms with Crippen molar-refractivity contribution in [3.63, 3.8) is 0 Å². The highest BCUT2D eigenvalue weighted by atomic mass is 32.2. The molecule has 0 aliphatic carbocycles. The van der Waals surface area contributed by atoms with Crippen LogP contribution in [0.25, 0.3) is 0 Å². The molecule has 2 amide bonds. The van der Waals surface area contributed by atoms with Gasteiger partial charge >= 0.3 is 12.0 Å². The fourth-order valence-corrected chi connectivity index (χ4v) is 4.90. The van der Waals surface area contributed by atoms with Crippen LogP contribution in [0.2, 0.25) is 0 Å². The van der Waals surface area contributed by atoms with Crippen LogP contribution in [0.5, 0.6) is 0 Å². The highest BCUT2D eigenvalue weighted by Gasteiger charge is 2.25. The topological polar surface area (TPSA) is 105 Å². The van der Waals surface area contributed by atoms with Gasteiger partial charge in [-0.05, 0) is 37.1 Å². The summed E-state index contributed by atoms with van der Waals surface area (Å²) in [6.45, 7) is 3.69. The SMILES string of the molecule is CCOC(=O)CCNC(=O)N1CCC[C@@H](CNS(=O)(=O)c2cccs2)C1. The molecule has 1 aliphatic heterocycles. The number of sulfonamides is 1. The van der Waals surface area contributed by atoms with Crippen molar-refractivity contribution in [1.29, 1.82) is 0 Å². The van der Waals surface area contributed by atoms with Gasteiger partial charge in [0.1, 0.15) is 4.21 Å². The van der Waals surface area contributed by atoms with Gasteiger partial charge in [-0.15, -0.1) is 11.3 Å². The first-order chi connectivity index (χ1) is 12.4. The maximum Gasteiger partial charge on any atom is 0.317 e. The first-order valence-corrected chi connectivity index (χ1v) is 11.0. The van der Waals surface area contributed by atoms with Crippen molar-refractivity contribution >= 4 is 33.4 Å². The summed E-state index contributed by atoms with van der Waals surface area (Å²) in [6.07, 6.45) is 1.81. The lowest BCUT2D eigenvalue weighted by atomic mass is 9.99. The molecule has 0 bridgehead atoms. The molecule has 0 spiro atoms. The normalized spacial score (nSPS) is 17.7. The van der Waals surface area contributed by atoms with Gasteiger partial charge in [-0.2, -0.15) is 0 Å². The van der Waals surface area contributed by atoms with Gasteiger partial charge in [0.2, 0.25) is 10.0 Å². The summed E-state index contributed by atoms with van der Waals surface area (Å²) in [6, 6.07) is 3.03. The van der Waals surface area contributed by atoms with Crippen LogP contribution in [0.3, 0.4) is 0 Å². The number of esters is 1. The monoisotopic (exact) mass is 403 g/mol. The second-order valence-electron chi connectivity index (χ2n) is 6.03. The smallest absolute Gasteiger partial charge is 0.317 e. The molecule has 0 saturated carbocycles. The summed E-state index contributed by atoms with van der Waals surface area (Å²) in [5.74, 6) is -0.276. The quantitative estimate of drug-likeness (QED) is 0.639.